The summed E-state index contributed by atoms with van der Waals surface area (Å²) in [6, 6.07) is 6.88. The van der Waals surface area contributed by atoms with Crippen LogP contribution in [0, 0.1) is 15.9 Å². The summed E-state index contributed by atoms with van der Waals surface area (Å²) in [6.07, 6.45) is 1.38. The molecule has 0 unspecified atom stereocenters. The van der Waals surface area contributed by atoms with Crippen molar-refractivity contribution in [3.05, 3.63) is 52.5 Å². The van der Waals surface area contributed by atoms with Crippen molar-refractivity contribution in [3.63, 3.8) is 0 Å². The Bertz CT molecular complexity index is 709. The quantitative estimate of drug-likeness (QED) is 0.692. The first-order valence-electron chi connectivity index (χ1n) is 5.82. The lowest BCUT2D eigenvalue weighted by Crippen LogP contribution is -2.07. The van der Waals surface area contributed by atoms with Gasteiger partial charge in [-0.05, 0) is 18.2 Å². The fraction of sp³-hybridized carbons (Fsp3) is 0.0769. The smallest absolute Gasteiger partial charge is 0.301 e. The van der Waals surface area contributed by atoms with E-state index < -0.39 is 10.7 Å². The lowest BCUT2D eigenvalue weighted by Gasteiger charge is -2.10. The number of aromatic nitrogens is 1. The lowest BCUT2D eigenvalue weighted by atomic mass is 10.3. The number of amides is 1. The van der Waals surface area contributed by atoms with Gasteiger partial charge in [0.2, 0.25) is 5.91 Å². The van der Waals surface area contributed by atoms with Crippen LogP contribution < -0.4 is 5.32 Å². The maximum absolute atomic E-state index is 13.9. The van der Waals surface area contributed by atoms with Crippen LogP contribution in [-0.4, -0.2) is 15.8 Å². The zero-order valence-electron chi connectivity index (χ0n) is 10.9. The molecule has 0 aliphatic carbocycles. The molecule has 0 fully saturated rings. The van der Waals surface area contributed by atoms with E-state index in [2.05, 4.69) is 10.3 Å². The number of nitro groups is 1. The van der Waals surface area contributed by atoms with Crippen LogP contribution in [0.25, 0.3) is 0 Å². The number of nitrogens with one attached hydrogen (secondary N) is 1. The third kappa shape index (κ3) is 3.54. The van der Waals surface area contributed by atoms with Crippen molar-refractivity contribution in [1.82, 2.24) is 4.98 Å². The molecule has 1 heterocycles. The molecule has 6 nitrogen and oxygen atoms in total. The third-order valence-corrected chi connectivity index (χ3v) is 3.55. The van der Waals surface area contributed by atoms with Crippen LogP contribution in [0.5, 0.6) is 0 Å². The van der Waals surface area contributed by atoms with Crippen molar-refractivity contribution in [1.29, 1.82) is 0 Å². The summed E-state index contributed by atoms with van der Waals surface area (Å²) in [7, 11) is 0. The molecule has 1 amide bonds. The molecule has 0 saturated carbocycles. The van der Waals surface area contributed by atoms with Crippen LogP contribution >= 0.6 is 11.8 Å². The Morgan fingerprint density at radius 1 is 1.38 bits per heavy atom. The van der Waals surface area contributed by atoms with E-state index in [-0.39, 0.29) is 27.2 Å². The van der Waals surface area contributed by atoms with Crippen LogP contribution in [0.2, 0.25) is 0 Å². The molecule has 0 aliphatic heterocycles. The molecular weight excluding hydrogens is 297 g/mol. The minimum absolute atomic E-state index is 0.0548. The maximum Gasteiger partial charge on any atom is 0.301 e. The Labute approximate surface area is 123 Å². The first-order valence-corrected chi connectivity index (χ1v) is 6.64. The molecule has 1 aromatic carbocycles. The summed E-state index contributed by atoms with van der Waals surface area (Å²) in [5, 5.41) is 13.5. The van der Waals surface area contributed by atoms with Crippen LogP contribution in [0.15, 0.2) is 46.5 Å². The van der Waals surface area contributed by atoms with Gasteiger partial charge in [0.15, 0.2) is 5.03 Å². The van der Waals surface area contributed by atoms with Crippen LogP contribution in [-0.2, 0) is 4.79 Å². The van der Waals surface area contributed by atoms with E-state index in [1.807, 2.05) is 0 Å². The first kappa shape index (κ1) is 14.9. The van der Waals surface area contributed by atoms with Gasteiger partial charge >= 0.3 is 5.69 Å². The molecule has 0 aliphatic rings. The van der Waals surface area contributed by atoms with Crippen molar-refractivity contribution in [2.75, 3.05) is 5.32 Å². The number of hydrogen-bond acceptors (Lipinski definition) is 5. The molecule has 2 aromatic rings. The van der Waals surface area contributed by atoms with E-state index in [9.17, 15) is 19.3 Å². The van der Waals surface area contributed by atoms with Gasteiger partial charge in [0.25, 0.3) is 0 Å². The van der Waals surface area contributed by atoms with Crippen LogP contribution in [0.1, 0.15) is 6.92 Å². The van der Waals surface area contributed by atoms with Gasteiger partial charge in [-0.15, -0.1) is 0 Å². The molecule has 0 radical (unpaired) electrons. The summed E-state index contributed by atoms with van der Waals surface area (Å²) < 4.78 is 13.9. The fourth-order valence-corrected chi connectivity index (χ4v) is 2.55. The first-order chi connectivity index (χ1) is 9.99. The molecule has 1 aromatic heterocycles. The zero-order valence-corrected chi connectivity index (χ0v) is 11.7. The second kappa shape index (κ2) is 6.31. The van der Waals surface area contributed by atoms with E-state index >= 15 is 0 Å². The minimum atomic E-state index is -0.591. The topological polar surface area (TPSA) is 85.1 Å². The number of nitrogens with zero attached hydrogens (tertiary/aromatic N) is 2. The lowest BCUT2D eigenvalue weighted by molar-refractivity contribution is -0.388. The SMILES string of the molecule is CC(=O)Nc1cccc(F)c1Sc1ncccc1[N+](=O)[O-]. The fourth-order valence-electron chi connectivity index (χ4n) is 1.60. The van der Waals surface area contributed by atoms with Crippen LogP contribution in [0.3, 0.4) is 0 Å². The Hall–Kier alpha value is -2.48. The minimum Gasteiger partial charge on any atom is -0.325 e. The molecular formula is C13H10FN3O3S. The van der Waals surface area contributed by atoms with Gasteiger partial charge in [0.1, 0.15) is 5.82 Å². The molecule has 1 N–H and O–H groups in total. The molecule has 0 spiro atoms. The standard InChI is InChI=1S/C13H10FN3O3S/c1-8(18)16-10-5-2-4-9(14)12(10)21-13-11(17(19)20)6-3-7-15-13/h2-7H,1H3,(H,16,18). The number of carbonyl (C=O) groups is 1. The number of pyridine rings is 1. The Kier molecular flexibility index (Phi) is 4.49. The van der Waals surface area contributed by atoms with E-state index in [0.717, 1.165) is 11.8 Å². The van der Waals surface area contributed by atoms with Gasteiger partial charge < -0.3 is 5.32 Å². The van der Waals surface area contributed by atoms with E-state index in [0.29, 0.717) is 0 Å². The summed E-state index contributed by atoms with van der Waals surface area (Å²) in [5.74, 6) is -0.954. The Morgan fingerprint density at radius 2 is 2.14 bits per heavy atom. The summed E-state index contributed by atoms with van der Waals surface area (Å²) >= 11 is 0.795. The van der Waals surface area contributed by atoms with Crippen molar-refractivity contribution in [3.8, 4) is 0 Å². The Balaban J connectivity index is 2.44. The number of anilines is 1. The highest BCUT2D eigenvalue weighted by atomic mass is 32.2. The predicted octanol–water partition coefficient (Wildman–Crippen LogP) is 3.24. The molecule has 0 atom stereocenters. The largest absolute Gasteiger partial charge is 0.325 e. The maximum atomic E-state index is 13.9. The summed E-state index contributed by atoms with van der Waals surface area (Å²) in [5.41, 5.74) is 0.0204. The molecule has 2 rings (SSSR count). The second-order valence-electron chi connectivity index (χ2n) is 3.98. The van der Waals surface area contributed by atoms with Gasteiger partial charge in [0, 0.05) is 19.2 Å². The third-order valence-electron chi connectivity index (χ3n) is 2.42. The number of halogens is 1. The highest BCUT2D eigenvalue weighted by molar-refractivity contribution is 7.99. The van der Waals surface area contributed by atoms with E-state index in [1.54, 1.807) is 0 Å². The molecule has 0 bridgehead atoms. The average molecular weight is 307 g/mol. The average Bonchev–Trinajstić information content (AvgIpc) is 2.42. The Morgan fingerprint density at radius 3 is 2.81 bits per heavy atom. The molecule has 8 heteroatoms. The van der Waals surface area contributed by atoms with Crippen LogP contribution in [0.4, 0.5) is 15.8 Å². The number of benzene rings is 1. The number of carbonyl (C=O) groups excluding carboxylic acids is 1. The van der Waals surface area contributed by atoms with Gasteiger partial charge in [-0.1, -0.05) is 17.8 Å². The monoisotopic (exact) mass is 307 g/mol. The molecule has 0 saturated heterocycles. The van der Waals surface area contributed by atoms with Crippen molar-refractivity contribution >= 4 is 29.0 Å². The number of hydrogen-bond donors (Lipinski definition) is 1. The van der Waals surface area contributed by atoms with Gasteiger partial charge in [-0.25, -0.2) is 9.37 Å². The number of rotatable bonds is 4. The van der Waals surface area contributed by atoms with Gasteiger partial charge in [-0.3, -0.25) is 14.9 Å². The zero-order chi connectivity index (χ0) is 15.4. The summed E-state index contributed by atoms with van der Waals surface area (Å²) in [4.78, 5) is 25.5. The molecule has 108 valence electrons. The van der Waals surface area contributed by atoms with Gasteiger partial charge in [0.05, 0.1) is 15.5 Å². The molecule has 21 heavy (non-hydrogen) atoms. The normalized spacial score (nSPS) is 10.2. The second-order valence-corrected chi connectivity index (χ2v) is 4.98. The highest BCUT2D eigenvalue weighted by Crippen LogP contribution is 2.38. The predicted molar refractivity (Wildman–Crippen MR) is 75.7 cm³/mol. The summed E-state index contributed by atoms with van der Waals surface area (Å²) in [6.45, 7) is 1.29. The van der Waals surface area contributed by atoms with Crippen molar-refractivity contribution in [2.24, 2.45) is 0 Å². The highest BCUT2D eigenvalue weighted by Gasteiger charge is 2.19. The van der Waals surface area contributed by atoms with Crippen molar-refractivity contribution in [2.45, 2.75) is 16.8 Å². The van der Waals surface area contributed by atoms with E-state index in [4.69, 9.17) is 0 Å². The van der Waals surface area contributed by atoms with E-state index in [1.165, 1.54) is 43.5 Å². The van der Waals surface area contributed by atoms with Crippen molar-refractivity contribution < 1.29 is 14.1 Å². The van der Waals surface area contributed by atoms with Gasteiger partial charge in [-0.2, -0.15) is 0 Å².